The van der Waals surface area contributed by atoms with Gasteiger partial charge in [-0.2, -0.15) is 0 Å². The molecule has 7 heteroatoms. The molecule has 4 amide bonds. The van der Waals surface area contributed by atoms with Crippen molar-refractivity contribution < 1.29 is 19.2 Å². The first-order chi connectivity index (χ1) is 11.4. The summed E-state index contributed by atoms with van der Waals surface area (Å²) in [4.78, 5) is 49.2. The Labute approximate surface area is 139 Å². The van der Waals surface area contributed by atoms with Gasteiger partial charge in [-0.15, -0.1) is 0 Å². The third kappa shape index (κ3) is 2.89. The van der Waals surface area contributed by atoms with Crippen LogP contribution in [0.4, 0.5) is 5.69 Å². The maximum atomic E-state index is 12.6. The Morgan fingerprint density at radius 1 is 1.29 bits per heavy atom. The Balaban J connectivity index is 1.79. The second kappa shape index (κ2) is 6.07. The maximum absolute atomic E-state index is 12.6. The van der Waals surface area contributed by atoms with Gasteiger partial charge in [-0.1, -0.05) is 19.9 Å². The van der Waals surface area contributed by atoms with E-state index in [0.29, 0.717) is 24.2 Å². The van der Waals surface area contributed by atoms with Crippen molar-refractivity contribution in [2.24, 2.45) is 5.92 Å². The second-order valence-corrected chi connectivity index (χ2v) is 6.42. The van der Waals surface area contributed by atoms with E-state index in [1.54, 1.807) is 32.0 Å². The molecule has 2 heterocycles. The third-order valence-electron chi connectivity index (χ3n) is 4.32. The molecule has 0 bridgehead atoms. The van der Waals surface area contributed by atoms with Crippen molar-refractivity contribution in [1.82, 2.24) is 10.2 Å². The van der Waals surface area contributed by atoms with E-state index in [-0.39, 0.29) is 30.1 Å². The smallest absolute Gasteiger partial charge is 0.255 e. The molecule has 2 N–H and O–H groups in total. The highest BCUT2D eigenvalue weighted by Gasteiger charge is 2.39. The fourth-order valence-electron chi connectivity index (χ4n) is 2.92. The Morgan fingerprint density at radius 2 is 2.04 bits per heavy atom. The molecule has 0 radical (unpaired) electrons. The molecule has 3 rings (SSSR count). The summed E-state index contributed by atoms with van der Waals surface area (Å²) in [6.45, 7) is 3.91. The van der Waals surface area contributed by atoms with E-state index in [2.05, 4.69) is 10.6 Å². The van der Waals surface area contributed by atoms with E-state index >= 15 is 0 Å². The zero-order valence-electron chi connectivity index (χ0n) is 13.6. The van der Waals surface area contributed by atoms with E-state index in [0.717, 1.165) is 5.56 Å². The number of nitrogens with zero attached hydrogens (tertiary/aromatic N) is 1. The Bertz CT molecular complexity index is 741. The van der Waals surface area contributed by atoms with Gasteiger partial charge in [0, 0.05) is 30.1 Å². The number of fused-ring (bicyclic) bond motifs is 1. The normalized spacial score (nSPS) is 20.2. The van der Waals surface area contributed by atoms with Crippen LogP contribution in [-0.2, 0) is 20.9 Å². The molecule has 126 valence electrons. The summed E-state index contributed by atoms with van der Waals surface area (Å²) in [5.41, 5.74) is 1.86. The molecular weight excluding hydrogens is 310 g/mol. The lowest BCUT2D eigenvalue weighted by Gasteiger charge is -2.29. The first-order valence-electron chi connectivity index (χ1n) is 7.95. The van der Waals surface area contributed by atoms with Gasteiger partial charge in [-0.05, 0) is 24.1 Å². The highest BCUT2D eigenvalue weighted by Crippen LogP contribution is 2.29. The van der Waals surface area contributed by atoms with Gasteiger partial charge in [0.1, 0.15) is 6.04 Å². The van der Waals surface area contributed by atoms with Crippen molar-refractivity contribution in [3.63, 3.8) is 0 Å². The van der Waals surface area contributed by atoms with E-state index in [1.807, 2.05) is 0 Å². The fraction of sp³-hybridized carbons (Fsp3) is 0.412. The number of piperidine rings is 1. The summed E-state index contributed by atoms with van der Waals surface area (Å²) in [5.74, 6) is -1.27. The molecule has 1 atom stereocenters. The van der Waals surface area contributed by atoms with Crippen LogP contribution < -0.4 is 10.6 Å². The Morgan fingerprint density at radius 3 is 2.71 bits per heavy atom. The van der Waals surface area contributed by atoms with Gasteiger partial charge in [0.25, 0.3) is 5.91 Å². The topological polar surface area (TPSA) is 95.6 Å². The van der Waals surface area contributed by atoms with Crippen LogP contribution in [0.3, 0.4) is 0 Å². The number of carbonyl (C=O) groups is 4. The largest absolute Gasteiger partial charge is 0.326 e. The van der Waals surface area contributed by atoms with Crippen LogP contribution in [0, 0.1) is 5.92 Å². The molecule has 1 aromatic rings. The Kier molecular flexibility index (Phi) is 4.09. The zero-order chi connectivity index (χ0) is 17.4. The molecule has 0 aromatic heterocycles. The third-order valence-corrected chi connectivity index (χ3v) is 4.32. The van der Waals surface area contributed by atoms with Crippen LogP contribution in [0.1, 0.15) is 42.6 Å². The molecule has 1 saturated heterocycles. The molecule has 2 aliphatic heterocycles. The van der Waals surface area contributed by atoms with Crippen molar-refractivity contribution in [1.29, 1.82) is 0 Å². The van der Waals surface area contributed by atoms with E-state index in [4.69, 9.17) is 0 Å². The van der Waals surface area contributed by atoms with Crippen molar-refractivity contribution in [2.75, 3.05) is 5.32 Å². The van der Waals surface area contributed by atoms with Crippen LogP contribution in [0.25, 0.3) is 0 Å². The summed E-state index contributed by atoms with van der Waals surface area (Å²) < 4.78 is 0. The van der Waals surface area contributed by atoms with Gasteiger partial charge >= 0.3 is 0 Å². The van der Waals surface area contributed by atoms with Gasteiger partial charge in [0.2, 0.25) is 17.7 Å². The molecule has 1 unspecified atom stereocenters. The van der Waals surface area contributed by atoms with E-state index < -0.39 is 11.9 Å². The highest BCUT2D eigenvalue weighted by atomic mass is 16.2. The molecule has 24 heavy (non-hydrogen) atoms. The SMILES string of the molecule is CC(C)C(=O)Nc1ccc2c(c1)C(=O)N(C1CCC(=O)NC1=O)C2. The zero-order valence-corrected chi connectivity index (χ0v) is 13.6. The summed E-state index contributed by atoms with van der Waals surface area (Å²) in [5, 5.41) is 5.04. The lowest BCUT2D eigenvalue weighted by Crippen LogP contribution is -2.52. The van der Waals surface area contributed by atoms with Crippen molar-refractivity contribution in [2.45, 2.75) is 39.3 Å². The summed E-state index contributed by atoms with van der Waals surface area (Å²) in [7, 11) is 0. The molecule has 7 nitrogen and oxygen atoms in total. The van der Waals surface area contributed by atoms with Gasteiger partial charge < -0.3 is 10.2 Å². The van der Waals surface area contributed by atoms with Gasteiger partial charge in [0.15, 0.2) is 0 Å². The predicted octanol–water partition coefficient (Wildman–Crippen LogP) is 1.04. The molecule has 0 spiro atoms. The van der Waals surface area contributed by atoms with Crippen molar-refractivity contribution >= 4 is 29.3 Å². The van der Waals surface area contributed by atoms with Crippen LogP contribution >= 0.6 is 0 Å². The first kappa shape index (κ1) is 16.2. The van der Waals surface area contributed by atoms with Gasteiger partial charge in [-0.25, -0.2) is 0 Å². The highest BCUT2D eigenvalue weighted by molar-refractivity contribution is 6.06. The summed E-state index contributed by atoms with van der Waals surface area (Å²) >= 11 is 0. The second-order valence-electron chi connectivity index (χ2n) is 6.42. The fourth-order valence-corrected chi connectivity index (χ4v) is 2.92. The molecular formula is C17H19N3O4. The number of rotatable bonds is 3. The average Bonchev–Trinajstić information content (AvgIpc) is 2.84. The molecule has 2 aliphatic rings. The van der Waals surface area contributed by atoms with Gasteiger partial charge in [0.05, 0.1) is 0 Å². The number of hydrogen-bond acceptors (Lipinski definition) is 4. The standard InChI is InChI=1S/C17H19N3O4/c1-9(2)15(22)18-11-4-3-10-8-20(17(24)12(10)7-11)13-5-6-14(21)19-16(13)23/h3-4,7,9,13H,5-6,8H2,1-2H3,(H,18,22)(H,19,21,23). The molecule has 0 saturated carbocycles. The lowest BCUT2D eigenvalue weighted by molar-refractivity contribution is -0.137. The van der Waals surface area contributed by atoms with E-state index in [9.17, 15) is 19.2 Å². The molecule has 1 fully saturated rings. The quantitative estimate of drug-likeness (QED) is 0.810. The van der Waals surface area contributed by atoms with Crippen LogP contribution in [0.5, 0.6) is 0 Å². The number of hydrogen-bond donors (Lipinski definition) is 2. The number of imide groups is 1. The van der Waals surface area contributed by atoms with Crippen LogP contribution in [-0.4, -0.2) is 34.6 Å². The minimum Gasteiger partial charge on any atom is -0.326 e. The summed E-state index contributed by atoms with van der Waals surface area (Å²) in [6.07, 6.45) is 0.563. The number of anilines is 1. The van der Waals surface area contributed by atoms with Crippen LogP contribution in [0.2, 0.25) is 0 Å². The minimum absolute atomic E-state index is 0.123. The summed E-state index contributed by atoms with van der Waals surface area (Å²) in [6, 6.07) is 4.55. The number of carbonyl (C=O) groups excluding carboxylic acids is 4. The molecule has 0 aliphatic carbocycles. The lowest BCUT2D eigenvalue weighted by atomic mass is 10.0. The van der Waals surface area contributed by atoms with Crippen molar-refractivity contribution in [3.8, 4) is 0 Å². The number of benzene rings is 1. The van der Waals surface area contributed by atoms with Crippen molar-refractivity contribution in [3.05, 3.63) is 29.3 Å². The number of nitrogens with one attached hydrogen (secondary N) is 2. The maximum Gasteiger partial charge on any atom is 0.255 e. The first-order valence-corrected chi connectivity index (χ1v) is 7.95. The molecule has 1 aromatic carbocycles. The monoisotopic (exact) mass is 329 g/mol. The van der Waals surface area contributed by atoms with Crippen LogP contribution in [0.15, 0.2) is 18.2 Å². The Hall–Kier alpha value is -2.70. The average molecular weight is 329 g/mol. The van der Waals surface area contributed by atoms with E-state index in [1.165, 1.54) is 4.90 Å². The number of amides is 4. The van der Waals surface area contributed by atoms with Gasteiger partial charge in [-0.3, -0.25) is 24.5 Å². The minimum atomic E-state index is -0.628. The predicted molar refractivity (Wildman–Crippen MR) is 86.0 cm³/mol.